The highest BCUT2D eigenvalue weighted by Crippen LogP contribution is 2.28. The van der Waals surface area contributed by atoms with E-state index in [1.807, 2.05) is 0 Å². The Bertz CT molecular complexity index is 503. The molecule has 1 saturated heterocycles. The van der Waals surface area contributed by atoms with Gasteiger partial charge in [-0.05, 0) is 12.1 Å². The van der Waals surface area contributed by atoms with Crippen LogP contribution in [0.5, 0.6) is 0 Å². The first-order valence-electron chi connectivity index (χ1n) is 6.02. The molecule has 0 atom stereocenters. The Morgan fingerprint density at radius 2 is 1.90 bits per heavy atom. The van der Waals surface area contributed by atoms with Crippen LogP contribution in [0.25, 0.3) is 0 Å². The Balaban J connectivity index is 2.13. The highest BCUT2D eigenvalue weighted by Gasteiger charge is 2.38. The molecule has 4 nitrogen and oxygen atoms in total. The van der Waals surface area contributed by atoms with E-state index in [1.165, 1.54) is 10.2 Å². The maximum Gasteiger partial charge on any atom is 0.356 e. The molecule has 1 aromatic carbocycles. The molecule has 2 N–H and O–H groups in total. The summed E-state index contributed by atoms with van der Waals surface area (Å²) in [6.45, 7) is 1.53. The smallest absolute Gasteiger partial charge is 0.322 e. The number of alkyl halides is 2. The van der Waals surface area contributed by atoms with Crippen molar-refractivity contribution in [1.82, 2.24) is 15.5 Å². The van der Waals surface area contributed by atoms with Crippen LogP contribution < -0.4 is 10.6 Å². The van der Waals surface area contributed by atoms with Gasteiger partial charge in [0.15, 0.2) is 11.6 Å². The van der Waals surface area contributed by atoms with Crippen LogP contribution in [0.4, 0.5) is 22.4 Å². The Labute approximate surface area is 112 Å². The third kappa shape index (κ3) is 3.01. The van der Waals surface area contributed by atoms with Gasteiger partial charge >= 0.3 is 12.1 Å². The van der Waals surface area contributed by atoms with Gasteiger partial charge in [0.05, 0.1) is 5.56 Å². The topological polar surface area (TPSA) is 44.4 Å². The molecule has 0 aliphatic carbocycles. The van der Waals surface area contributed by atoms with Crippen molar-refractivity contribution in [2.45, 2.75) is 6.05 Å². The van der Waals surface area contributed by atoms with Gasteiger partial charge in [0.2, 0.25) is 0 Å². The summed E-state index contributed by atoms with van der Waals surface area (Å²) in [6.07, 6.45) is 0. The normalized spacial score (nSPS) is 16.1. The summed E-state index contributed by atoms with van der Waals surface area (Å²) in [4.78, 5) is 12.9. The summed E-state index contributed by atoms with van der Waals surface area (Å²) < 4.78 is 54.0. The van der Waals surface area contributed by atoms with Crippen LogP contribution in [0.15, 0.2) is 18.2 Å². The van der Waals surface area contributed by atoms with Crippen molar-refractivity contribution in [3.63, 3.8) is 0 Å². The molecule has 0 spiro atoms. The van der Waals surface area contributed by atoms with Crippen LogP contribution in [0.1, 0.15) is 5.56 Å². The molecular formula is C12H13F4N3O. The van der Waals surface area contributed by atoms with Gasteiger partial charge in [0, 0.05) is 26.2 Å². The first-order chi connectivity index (χ1) is 9.42. The van der Waals surface area contributed by atoms with Crippen molar-refractivity contribution in [2.24, 2.45) is 0 Å². The summed E-state index contributed by atoms with van der Waals surface area (Å²) >= 11 is 0. The zero-order valence-corrected chi connectivity index (χ0v) is 10.4. The van der Waals surface area contributed by atoms with Crippen molar-refractivity contribution in [2.75, 3.05) is 26.2 Å². The zero-order chi connectivity index (χ0) is 14.8. The standard InChI is InChI=1S/C12H13F4N3O/c13-9-3-1-2-8(10(9)14)12(15,16)18-11(20)19-6-4-17-5-7-19/h1-3,17H,4-7H2,(H,18,20). The summed E-state index contributed by atoms with van der Waals surface area (Å²) in [5.41, 5.74) is -1.19. The third-order valence-electron chi connectivity index (χ3n) is 2.96. The minimum absolute atomic E-state index is 0.271. The van der Waals surface area contributed by atoms with Gasteiger partial charge in [0.1, 0.15) is 0 Å². The Morgan fingerprint density at radius 1 is 1.25 bits per heavy atom. The number of hydrogen-bond donors (Lipinski definition) is 2. The van der Waals surface area contributed by atoms with E-state index < -0.39 is 29.3 Å². The molecule has 0 saturated carbocycles. The van der Waals surface area contributed by atoms with Gasteiger partial charge in [-0.15, -0.1) is 0 Å². The number of nitrogens with one attached hydrogen (secondary N) is 2. The average molecular weight is 291 g/mol. The van der Waals surface area contributed by atoms with Crippen LogP contribution in [0, 0.1) is 11.6 Å². The first-order valence-corrected chi connectivity index (χ1v) is 6.02. The monoisotopic (exact) mass is 291 g/mol. The number of carbonyl (C=O) groups is 1. The van der Waals surface area contributed by atoms with E-state index in [2.05, 4.69) is 5.32 Å². The van der Waals surface area contributed by atoms with Crippen molar-refractivity contribution in [1.29, 1.82) is 0 Å². The van der Waals surface area contributed by atoms with Gasteiger partial charge in [-0.2, -0.15) is 8.78 Å². The molecular weight excluding hydrogens is 278 g/mol. The lowest BCUT2D eigenvalue weighted by molar-refractivity contribution is -0.0360. The summed E-state index contributed by atoms with van der Waals surface area (Å²) in [5.74, 6) is -3.06. The predicted octanol–water partition coefficient (Wildman–Crippen LogP) is 1.63. The van der Waals surface area contributed by atoms with Gasteiger partial charge in [-0.25, -0.2) is 13.6 Å². The first kappa shape index (κ1) is 14.6. The number of amides is 2. The van der Waals surface area contributed by atoms with Crippen molar-refractivity contribution >= 4 is 6.03 Å². The molecule has 1 aliphatic heterocycles. The maximum atomic E-state index is 13.8. The summed E-state index contributed by atoms with van der Waals surface area (Å²) in [7, 11) is 0. The van der Waals surface area contributed by atoms with Crippen LogP contribution in [-0.4, -0.2) is 37.1 Å². The Morgan fingerprint density at radius 3 is 2.55 bits per heavy atom. The van der Waals surface area contributed by atoms with E-state index in [1.54, 1.807) is 0 Å². The van der Waals surface area contributed by atoms with Crippen LogP contribution in [0.2, 0.25) is 0 Å². The second-order valence-electron chi connectivity index (χ2n) is 4.34. The lowest BCUT2D eigenvalue weighted by Gasteiger charge is -2.29. The van der Waals surface area contributed by atoms with Crippen LogP contribution in [-0.2, 0) is 6.05 Å². The summed E-state index contributed by atoms with van der Waals surface area (Å²) in [6, 6.07) is -2.57. The number of piperazine rings is 1. The SMILES string of the molecule is O=C(NC(F)(F)c1cccc(F)c1F)N1CCNCC1. The fourth-order valence-electron chi connectivity index (χ4n) is 1.89. The number of carbonyl (C=O) groups excluding carboxylic acids is 1. The molecule has 0 radical (unpaired) electrons. The molecule has 2 amide bonds. The Kier molecular flexibility index (Phi) is 4.12. The molecule has 2 rings (SSSR count). The van der Waals surface area contributed by atoms with Crippen molar-refractivity contribution in [3.05, 3.63) is 35.4 Å². The lowest BCUT2D eigenvalue weighted by atomic mass is 10.1. The number of hydrogen-bond acceptors (Lipinski definition) is 2. The van der Waals surface area contributed by atoms with E-state index in [-0.39, 0.29) is 13.1 Å². The van der Waals surface area contributed by atoms with Gasteiger partial charge in [-0.3, -0.25) is 5.32 Å². The second kappa shape index (κ2) is 5.66. The fraction of sp³-hybridized carbons (Fsp3) is 0.417. The minimum atomic E-state index is -3.98. The van der Waals surface area contributed by atoms with E-state index >= 15 is 0 Å². The number of halogens is 4. The number of rotatable bonds is 2. The van der Waals surface area contributed by atoms with E-state index in [9.17, 15) is 22.4 Å². The third-order valence-corrected chi connectivity index (χ3v) is 2.96. The van der Waals surface area contributed by atoms with E-state index in [4.69, 9.17) is 0 Å². The predicted molar refractivity (Wildman–Crippen MR) is 63.2 cm³/mol. The number of urea groups is 1. The molecule has 1 aromatic rings. The van der Waals surface area contributed by atoms with E-state index in [0.717, 1.165) is 18.2 Å². The minimum Gasteiger partial charge on any atom is -0.322 e. The molecule has 1 fully saturated rings. The maximum absolute atomic E-state index is 13.8. The highest BCUT2D eigenvalue weighted by atomic mass is 19.3. The quantitative estimate of drug-likeness (QED) is 0.642. The highest BCUT2D eigenvalue weighted by molar-refractivity contribution is 5.75. The largest absolute Gasteiger partial charge is 0.356 e. The van der Waals surface area contributed by atoms with Crippen LogP contribution in [0.3, 0.4) is 0 Å². The summed E-state index contributed by atoms with van der Waals surface area (Å²) in [5, 5.41) is 4.39. The average Bonchev–Trinajstić information content (AvgIpc) is 2.42. The number of benzene rings is 1. The van der Waals surface area contributed by atoms with E-state index in [0.29, 0.717) is 13.1 Å². The molecule has 0 unspecified atom stereocenters. The molecule has 110 valence electrons. The van der Waals surface area contributed by atoms with Gasteiger partial charge in [-0.1, -0.05) is 6.07 Å². The van der Waals surface area contributed by atoms with Crippen LogP contribution >= 0.6 is 0 Å². The molecule has 0 aromatic heterocycles. The fourth-order valence-corrected chi connectivity index (χ4v) is 1.89. The molecule has 20 heavy (non-hydrogen) atoms. The van der Waals surface area contributed by atoms with Crippen molar-refractivity contribution < 1.29 is 22.4 Å². The number of nitrogens with zero attached hydrogens (tertiary/aromatic N) is 1. The second-order valence-corrected chi connectivity index (χ2v) is 4.34. The lowest BCUT2D eigenvalue weighted by Crippen LogP contribution is -2.53. The molecule has 1 heterocycles. The molecule has 1 aliphatic rings. The van der Waals surface area contributed by atoms with Crippen molar-refractivity contribution in [3.8, 4) is 0 Å². The molecule has 8 heteroatoms. The zero-order valence-electron chi connectivity index (χ0n) is 10.4. The Hall–Kier alpha value is -1.83. The van der Waals surface area contributed by atoms with Gasteiger partial charge in [0.25, 0.3) is 0 Å². The molecule has 0 bridgehead atoms. The van der Waals surface area contributed by atoms with Gasteiger partial charge < -0.3 is 10.2 Å².